The summed E-state index contributed by atoms with van der Waals surface area (Å²) in [5, 5.41) is 0.933. The third-order valence-electron chi connectivity index (χ3n) is 2.31. The highest BCUT2D eigenvalue weighted by molar-refractivity contribution is 6.37. The first kappa shape index (κ1) is 13.5. The Balaban J connectivity index is 2.67. The molecule has 0 saturated carbocycles. The molecule has 0 aliphatic carbocycles. The van der Waals surface area contributed by atoms with Gasteiger partial charge in [-0.3, -0.25) is 0 Å². The molecule has 0 saturated heterocycles. The van der Waals surface area contributed by atoms with Gasteiger partial charge in [0.05, 0.1) is 16.7 Å². The van der Waals surface area contributed by atoms with Crippen molar-refractivity contribution in [3.63, 3.8) is 0 Å². The van der Waals surface area contributed by atoms with Crippen molar-refractivity contribution < 1.29 is 4.74 Å². The summed E-state index contributed by atoms with van der Waals surface area (Å²) >= 11 is 12.0. The van der Waals surface area contributed by atoms with Crippen molar-refractivity contribution in [2.75, 3.05) is 12.3 Å². The van der Waals surface area contributed by atoms with Gasteiger partial charge in [-0.2, -0.15) is 0 Å². The Labute approximate surface area is 107 Å². The van der Waals surface area contributed by atoms with Crippen LogP contribution in [0.15, 0.2) is 12.1 Å². The summed E-state index contributed by atoms with van der Waals surface area (Å²) in [6, 6.07) is 3.29. The highest BCUT2D eigenvalue weighted by Crippen LogP contribution is 2.35. The molecule has 0 fully saturated rings. The van der Waals surface area contributed by atoms with Gasteiger partial charge in [0, 0.05) is 5.69 Å². The van der Waals surface area contributed by atoms with Crippen LogP contribution in [0.3, 0.4) is 0 Å². The normalized spacial score (nSPS) is 12.5. The van der Waals surface area contributed by atoms with Crippen LogP contribution in [-0.2, 0) is 0 Å². The number of ether oxygens (including phenoxy) is 1. The van der Waals surface area contributed by atoms with Crippen molar-refractivity contribution in [1.29, 1.82) is 0 Å². The van der Waals surface area contributed by atoms with Gasteiger partial charge in [0.25, 0.3) is 0 Å². The van der Waals surface area contributed by atoms with E-state index >= 15 is 0 Å². The Morgan fingerprint density at radius 1 is 1.31 bits per heavy atom. The number of rotatable bonds is 5. The second-order valence-electron chi connectivity index (χ2n) is 4.02. The van der Waals surface area contributed by atoms with Crippen molar-refractivity contribution in [3.8, 4) is 5.75 Å². The van der Waals surface area contributed by atoms with Gasteiger partial charge < -0.3 is 10.5 Å². The molecule has 1 atom stereocenters. The Bertz CT molecular complexity index is 332. The molecule has 2 nitrogen and oxygen atoms in total. The van der Waals surface area contributed by atoms with E-state index < -0.39 is 0 Å². The maximum absolute atomic E-state index is 6.01. The Kier molecular flexibility index (Phi) is 5.23. The molecule has 4 heteroatoms. The van der Waals surface area contributed by atoms with Crippen molar-refractivity contribution >= 4 is 28.9 Å². The second kappa shape index (κ2) is 6.21. The summed E-state index contributed by atoms with van der Waals surface area (Å²) in [7, 11) is 0. The molecular weight excluding hydrogens is 245 g/mol. The average Bonchev–Trinajstić information content (AvgIpc) is 2.16. The van der Waals surface area contributed by atoms with Crippen molar-refractivity contribution in [2.24, 2.45) is 5.92 Å². The maximum atomic E-state index is 6.01. The van der Waals surface area contributed by atoms with Crippen LogP contribution in [0.2, 0.25) is 10.0 Å². The number of nitrogen functional groups attached to an aromatic ring is 1. The third kappa shape index (κ3) is 3.76. The Hall–Kier alpha value is -0.600. The van der Waals surface area contributed by atoms with E-state index in [0.717, 1.165) is 12.8 Å². The minimum atomic E-state index is 0.466. The van der Waals surface area contributed by atoms with Gasteiger partial charge in [-0.15, -0.1) is 0 Å². The second-order valence-corrected chi connectivity index (χ2v) is 4.83. The van der Waals surface area contributed by atoms with Gasteiger partial charge in [0.2, 0.25) is 0 Å². The molecule has 0 aliphatic heterocycles. The summed E-state index contributed by atoms with van der Waals surface area (Å²) in [6.07, 6.45) is 2.28. The SMILES string of the molecule is CCCC(C)COc1c(Cl)cc(N)cc1Cl. The van der Waals surface area contributed by atoms with Gasteiger partial charge in [0.1, 0.15) is 0 Å². The van der Waals surface area contributed by atoms with Gasteiger partial charge in [-0.1, -0.05) is 43.5 Å². The largest absolute Gasteiger partial charge is 0.490 e. The fourth-order valence-electron chi connectivity index (χ4n) is 1.52. The Morgan fingerprint density at radius 3 is 2.38 bits per heavy atom. The van der Waals surface area contributed by atoms with Crippen LogP contribution in [-0.4, -0.2) is 6.61 Å². The van der Waals surface area contributed by atoms with E-state index in [1.54, 1.807) is 12.1 Å². The zero-order chi connectivity index (χ0) is 12.1. The first-order valence-electron chi connectivity index (χ1n) is 5.42. The summed E-state index contributed by atoms with van der Waals surface area (Å²) in [5.41, 5.74) is 6.15. The van der Waals surface area contributed by atoms with Crippen LogP contribution in [0.25, 0.3) is 0 Å². The number of benzene rings is 1. The highest BCUT2D eigenvalue weighted by atomic mass is 35.5. The molecule has 0 aromatic heterocycles. The van der Waals surface area contributed by atoms with Crippen LogP contribution in [0.5, 0.6) is 5.75 Å². The number of halogens is 2. The predicted octanol–water partition coefficient (Wildman–Crippen LogP) is 4.39. The third-order valence-corrected chi connectivity index (χ3v) is 2.88. The van der Waals surface area contributed by atoms with Crippen molar-refractivity contribution in [2.45, 2.75) is 26.7 Å². The van der Waals surface area contributed by atoms with Crippen LogP contribution < -0.4 is 10.5 Å². The zero-order valence-corrected chi connectivity index (χ0v) is 11.1. The maximum Gasteiger partial charge on any atom is 0.156 e. The van der Waals surface area contributed by atoms with E-state index in [9.17, 15) is 0 Å². The van der Waals surface area contributed by atoms with E-state index in [1.165, 1.54) is 0 Å². The molecule has 90 valence electrons. The van der Waals surface area contributed by atoms with E-state index in [0.29, 0.717) is 34.0 Å². The molecule has 0 spiro atoms. The standard InChI is InChI=1S/C12H17Cl2NO/c1-3-4-8(2)7-16-12-10(13)5-9(15)6-11(12)14/h5-6,8H,3-4,7,15H2,1-2H3. The van der Waals surface area contributed by atoms with Crippen LogP contribution >= 0.6 is 23.2 Å². The lowest BCUT2D eigenvalue weighted by molar-refractivity contribution is 0.252. The summed E-state index contributed by atoms with van der Waals surface area (Å²) < 4.78 is 5.62. The molecule has 0 radical (unpaired) electrons. The summed E-state index contributed by atoms with van der Waals surface area (Å²) in [4.78, 5) is 0. The van der Waals surface area contributed by atoms with E-state index in [1.807, 2.05) is 0 Å². The number of hydrogen-bond donors (Lipinski definition) is 1. The molecule has 1 aromatic rings. The molecule has 2 N–H and O–H groups in total. The molecular formula is C12H17Cl2NO. The molecule has 1 aromatic carbocycles. The Morgan fingerprint density at radius 2 is 1.88 bits per heavy atom. The monoisotopic (exact) mass is 261 g/mol. The topological polar surface area (TPSA) is 35.2 Å². The predicted molar refractivity (Wildman–Crippen MR) is 70.4 cm³/mol. The molecule has 0 bridgehead atoms. The van der Waals surface area contributed by atoms with Crippen LogP contribution in [0.4, 0.5) is 5.69 Å². The highest BCUT2D eigenvalue weighted by Gasteiger charge is 2.10. The molecule has 1 unspecified atom stereocenters. The van der Waals surface area contributed by atoms with Crippen LogP contribution in [0.1, 0.15) is 26.7 Å². The first-order valence-corrected chi connectivity index (χ1v) is 6.17. The van der Waals surface area contributed by atoms with Crippen LogP contribution in [0, 0.1) is 5.92 Å². The number of hydrogen-bond acceptors (Lipinski definition) is 2. The molecule has 0 heterocycles. The van der Waals surface area contributed by atoms with Gasteiger partial charge in [0.15, 0.2) is 5.75 Å². The van der Waals surface area contributed by atoms with Gasteiger partial charge in [-0.25, -0.2) is 0 Å². The van der Waals surface area contributed by atoms with Gasteiger partial charge >= 0.3 is 0 Å². The minimum Gasteiger partial charge on any atom is -0.490 e. The molecule has 1 rings (SSSR count). The van der Waals surface area contributed by atoms with Crippen molar-refractivity contribution in [3.05, 3.63) is 22.2 Å². The van der Waals surface area contributed by atoms with E-state index in [-0.39, 0.29) is 0 Å². The minimum absolute atomic E-state index is 0.466. The molecule has 0 aliphatic rings. The molecule has 16 heavy (non-hydrogen) atoms. The zero-order valence-electron chi connectivity index (χ0n) is 9.59. The van der Waals surface area contributed by atoms with Crippen molar-refractivity contribution in [1.82, 2.24) is 0 Å². The fraction of sp³-hybridized carbons (Fsp3) is 0.500. The quantitative estimate of drug-likeness (QED) is 0.798. The fourth-order valence-corrected chi connectivity index (χ4v) is 2.13. The first-order chi connectivity index (χ1) is 7.54. The number of nitrogens with two attached hydrogens (primary N) is 1. The van der Waals surface area contributed by atoms with E-state index in [2.05, 4.69) is 13.8 Å². The molecule has 0 amide bonds. The lowest BCUT2D eigenvalue weighted by atomic mass is 10.1. The summed E-state index contributed by atoms with van der Waals surface area (Å²) in [5.74, 6) is 1.02. The number of anilines is 1. The van der Waals surface area contributed by atoms with Gasteiger partial charge in [-0.05, 0) is 24.5 Å². The van der Waals surface area contributed by atoms with E-state index in [4.69, 9.17) is 33.7 Å². The summed E-state index contributed by atoms with van der Waals surface area (Å²) in [6.45, 7) is 4.92. The smallest absolute Gasteiger partial charge is 0.156 e. The lowest BCUT2D eigenvalue weighted by Gasteiger charge is -2.14. The lowest BCUT2D eigenvalue weighted by Crippen LogP contribution is -2.08. The average molecular weight is 262 g/mol.